The molecule has 0 radical (unpaired) electrons. The molecular weight excluding hydrogens is 258 g/mol. The number of sulfonamides is 1. The predicted octanol–water partition coefficient (Wildman–Crippen LogP) is 0.599. The van der Waals surface area contributed by atoms with E-state index >= 15 is 0 Å². The van der Waals surface area contributed by atoms with Crippen molar-refractivity contribution in [3.05, 3.63) is 18.0 Å². The number of nitrogens with two attached hydrogens (primary N) is 1. The molecule has 1 fully saturated rings. The highest BCUT2D eigenvalue weighted by Crippen LogP contribution is 2.24. The molecule has 2 heterocycles. The Balaban J connectivity index is 2.28. The number of nitrogens with one attached hydrogen (secondary N) is 1. The summed E-state index contributed by atoms with van der Waals surface area (Å²) in [5, 5.41) is 0. The SMILES string of the molecule is CC1CSCCN1S(=O)(=O)c1c[nH]c(CN)c1. The van der Waals surface area contributed by atoms with Crippen molar-refractivity contribution in [3.63, 3.8) is 0 Å². The number of aromatic amines is 1. The zero-order chi connectivity index (χ0) is 12.5. The fourth-order valence-electron chi connectivity index (χ4n) is 1.89. The van der Waals surface area contributed by atoms with E-state index in [-0.39, 0.29) is 6.04 Å². The van der Waals surface area contributed by atoms with Crippen molar-refractivity contribution in [2.45, 2.75) is 24.4 Å². The minimum Gasteiger partial charge on any atom is -0.363 e. The van der Waals surface area contributed by atoms with Crippen molar-refractivity contribution in [2.24, 2.45) is 5.73 Å². The lowest BCUT2D eigenvalue weighted by molar-refractivity contribution is 0.367. The van der Waals surface area contributed by atoms with Crippen molar-refractivity contribution in [1.82, 2.24) is 9.29 Å². The maximum absolute atomic E-state index is 12.4. The summed E-state index contributed by atoms with van der Waals surface area (Å²) in [6, 6.07) is 1.67. The summed E-state index contributed by atoms with van der Waals surface area (Å²) >= 11 is 1.79. The first-order valence-corrected chi connectivity index (χ1v) is 8.12. The van der Waals surface area contributed by atoms with Crippen molar-refractivity contribution >= 4 is 21.8 Å². The number of rotatable bonds is 3. The van der Waals surface area contributed by atoms with Crippen LogP contribution in [0.5, 0.6) is 0 Å². The topological polar surface area (TPSA) is 79.2 Å². The van der Waals surface area contributed by atoms with Gasteiger partial charge in [0.15, 0.2) is 0 Å². The van der Waals surface area contributed by atoms with Crippen LogP contribution in [0.2, 0.25) is 0 Å². The molecule has 0 saturated carbocycles. The van der Waals surface area contributed by atoms with Crippen molar-refractivity contribution in [2.75, 3.05) is 18.1 Å². The summed E-state index contributed by atoms with van der Waals surface area (Å²) in [7, 11) is -3.37. The Morgan fingerprint density at radius 2 is 2.41 bits per heavy atom. The number of thioether (sulfide) groups is 1. The van der Waals surface area contributed by atoms with Gasteiger partial charge < -0.3 is 10.7 Å². The molecule has 1 aliphatic heterocycles. The molecule has 0 spiro atoms. The van der Waals surface area contributed by atoms with Gasteiger partial charge in [-0.1, -0.05) is 0 Å². The van der Waals surface area contributed by atoms with E-state index in [0.717, 1.165) is 17.2 Å². The van der Waals surface area contributed by atoms with E-state index in [1.807, 2.05) is 6.92 Å². The van der Waals surface area contributed by atoms with Gasteiger partial charge in [-0.2, -0.15) is 16.1 Å². The highest BCUT2D eigenvalue weighted by Gasteiger charge is 2.31. The van der Waals surface area contributed by atoms with Crippen molar-refractivity contribution in [1.29, 1.82) is 0 Å². The number of H-pyrrole nitrogens is 1. The van der Waals surface area contributed by atoms with Crippen molar-refractivity contribution in [3.8, 4) is 0 Å². The third-order valence-electron chi connectivity index (χ3n) is 2.85. The van der Waals surface area contributed by atoms with E-state index in [1.165, 1.54) is 6.20 Å². The quantitative estimate of drug-likeness (QED) is 0.846. The molecule has 1 aromatic rings. The molecule has 0 aliphatic carbocycles. The maximum atomic E-state index is 12.4. The molecule has 7 heteroatoms. The van der Waals surface area contributed by atoms with Crippen LogP contribution in [0.4, 0.5) is 0 Å². The van der Waals surface area contributed by atoms with E-state index in [0.29, 0.717) is 18.0 Å². The lowest BCUT2D eigenvalue weighted by atomic mass is 10.4. The minimum atomic E-state index is -3.37. The van der Waals surface area contributed by atoms with E-state index in [2.05, 4.69) is 4.98 Å². The van der Waals surface area contributed by atoms with Crippen LogP contribution in [0, 0.1) is 0 Å². The molecule has 0 amide bonds. The number of nitrogens with zero attached hydrogens (tertiary/aromatic N) is 1. The zero-order valence-corrected chi connectivity index (χ0v) is 11.4. The predicted molar refractivity (Wildman–Crippen MR) is 69.4 cm³/mol. The molecule has 2 rings (SSSR count). The van der Waals surface area contributed by atoms with Gasteiger partial charge in [-0.05, 0) is 13.0 Å². The Morgan fingerprint density at radius 3 is 3.00 bits per heavy atom. The average molecular weight is 275 g/mol. The zero-order valence-electron chi connectivity index (χ0n) is 9.72. The van der Waals surface area contributed by atoms with Gasteiger partial charge in [-0.15, -0.1) is 0 Å². The van der Waals surface area contributed by atoms with Gasteiger partial charge in [0.25, 0.3) is 0 Å². The lowest BCUT2D eigenvalue weighted by Crippen LogP contribution is -2.44. The normalized spacial score (nSPS) is 22.8. The van der Waals surface area contributed by atoms with Crippen LogP contribution in [0.3, 0.4) is 0 Å². The van der Waals surface area contributed by atoms with E-state index in [1.54, 1.807) is 22.1 Å². The second-order valence-electron chi connectivity index (χ2n) is 4.10. The molecule has 0 aromatic carbocycles. The molecule has 1 aliphatic rings. The van der Waals surface area contributed by atoms with Crippen LogP contribution < -0.4 is 5.73 Å². The second-order valence-corrected chi connectivity index (χ2v) is 7.14. The summed E-state index contributed by atoms with van der Waals surface area (Å²) in [4.78, 5) is 3.20. The van der Waals surface area contributed by atoms with Crippen LogP contribution in [0.25, 0.3) is 0 Å². The van der Waals surface area contributed by atoms with Gasteiger partial charge >= 0.3 is 0 Å². The lowest BCUT2D eigenvalue weighted by Gasteiger charge is -2.31. The van der Waals surface area contributed by atoms with E-state index in [4.69, 9.17) is 5.73 Å². The summed E-state index contributed by atoms with van der Waals surface area (Å²) in [6.45, 7) is 2.85. The third-order valence-corrected chi connectivity index (χ3v) is 6.03. The third kappa shape index (κ3) is 2.52. The minimum absolute atomic E-state index is 0.0509. The summed E-state index contributed by atoms with van der Waals surface area (Å²) in [5.74, 6) is 1.71. The van der Waals surface area contributed by atoms with Crippen molar-refractivity contribution < 1.29 is 8.42 Å². The van der Waals surface area contributed by atoms with Crippen LogP contribution in [-0.2, 0) is 16.6 Å². The maximum Gasteiger partial charge on any atom is 0.244 e. The first-order valence-electron chi connectivity index (χ1n) is 5.52. The standard InChI is InChI=1S/C10H17N3O2S2/c1-8-7-16-3-2-13(8)17(14,15)10-4-9(5-11)12-6-10/h4,6,8,12H,2-3,5,7,11H2,1H3. The molecule has 1 aromatic heterocycles. The summed E-state index contributed by atoms with van der Waals surface area (Å²) in [6.07, 6.45) is 1.52. The first kappa shape index (κ1) is 12.9. The Morgan fingerprint density at radius 1 is 1.65 bits per heavy atom. The van der Waals surface area contributed by atoms with Crippen LogP contribution in [0.1, 0.15) is 12.6 Å². The molecule has 5 nitrogen and oxygen atoms in total. The molecular formula is C10H17N3O2S2. The average Bonchev–Trinajstić information content (AvgIpc) is 2.78. The van der Waals surface area contributed by atoms with E-state index in [9.17, 15) is 8.42 Å². The molecule has 1 saturated heterocycles. The fourth-order valence-corrected chi connectivity index (χ4v) is 4.76. The monoisotopic (exact) mass is 275 g/mol. The smallest absolute Gasteiger partial charge is 0.244 e. The van der Waals surface area contributed by atoms with Crippen LogP contribution >= 0.6 is 11.8 Å². The molecule has 1 unspecified atom stereocenters. The fraction of sp³-hybridized carbons (Fsp3) is 0.600. The molecule has 96 valence electrons. The number of hydrogen-bond acceptors (Lipinski definition) is 4. The van der Waals surface area contributed by atoms with Gasteiger partial charge in [-0.3, -0.25) is 0 Å². The number of hydrogen-bond donors (Lipinski definition) is 2. The Labute approximate surface area is 106 Å². The number of aromatic nitrogens is 1. The van der Waals surface area contributed by atoms with Crippen LogP contribution in [-0.4, -0.2) is 41.8 Å². The molecule has 1 atom stereocenters. The highest BCUT2D eigenvalue weighted by atomic mass is 32.2. The van der Waals surface area contributed by atoms with Gasteiger partial charge in [0.2, 0.25) is 10.0 Å². The Kier molecular flexibility index (Phi) is 3.82. The van der Waals surface area contributed by atoms with Gasteiger partial charge in [0, 0.05) is 42.5 Å². The largest absolute Gasteiger partial charge is 0.363 e. The van der Waals surface area contributed by atoms with Crippen LogP contribution in [0.15, 0.2) is 17.2 Å². The Hall–Kier alpha value is -0.500. The van der Waals surface area contributed by atoms with Gasteiger partial charge in [0.05, 0.1) is 4.90 Å². The van der Waals surface area contributed by atoms with Gasteiger partial charge in [-0.25, -0.2) is 8.42 Å². The first-order chi connectivity index (χ1) is 8.05. The summed E-state index contributed by atoms with van der Waals surface area (Å²) < 4.78 is 26.3. The van der Waals surface area contributed by atoms with Gasteiger partial charge in [0.1, 0.15) is 0 Å². The second kappa shape index (κ2) is 5.01. The molecule has 17 heavy (non-hydrogen) atoms. The Bertz CT molecular complexity index is 483. The molecule has 3 N–H and O–H groups in total. The summed E-state index contributed by atoms with van der Waals surface area (Å²) in [5.41, 5.74) is 6.21. The van der Waals surface area contributed by atoms with E-state index < -0.39 is 10.0 Å². The highest BCUT2D eigenvalue weighted by molar-refractivity contribution is 7.99. The molecule has 0 bridgehead atoms.